The molecule has 0 fully saturated rings. The minimum atomic E-state index is -0.525. The highest BCUT2D eigenvalue weighted by Gasteiger charge is 2.11. The highest BCUT2D eigenvalue weighted by Crippen LogP contribution is 2.19. The molecule has 30 heavy (non-hydrogen) atoms. The summed E-state index contributed by atoms with van der Waals surface area (Å²) in [6.45, 7) is 1.73. The number of para-hydroxylation sites is 2. The van der Waals surface area contributed by atoms with Gasteiger partial charge in [0.1, 0.15) is 11.5 Å². The van der Waals surface area contributed by atoms with Crippen molar-refractivity contribution in [3.8, 4) is 11.5 Å². The van der Waals surface area contributed by atoms with Crippen molar-refractivity contribution in [2.45, 2.75) is 6.92 Å². The van der Waals surface area contributed by atoms with Gasteiger partial charge in [-0.25, -0.2) is 10.2 Å². The molecule has 0 unspecified atom stereocenters. The molecule has 0 aliphatic carbocycles. The van der Waals surface area contributed by atoms with Gasteiger partial charge in [0.05, 0.1) is 11.8 Å². The van der Waals surface area contributed by atoms with E-state index >= 15 is 0 Å². The lowest BCUT2D eigenvalue weighted by atomic mass is 10.2. The maximum Gasteiger partial charge on any atom is 0.343 e. The fourth-order valence-corrected chi connectivity index (χ4v) is 2.62. The Labute approximate surface area is 179 Å². The van der Waals surface area contributed by atoms with E-state index in [1.54, 1.807) is 54.6 Å². The van der Waals surface area contributed by atoms with Gasteiger partial charge in [-0.3, -0.25) is 4.79 Å². The maximum atomic E-state index is 12.3. The summed E-state index contributed by atoms with van der Waals surface area (Å²) in [5, 5.41) is 4.44. The average molecular weight is 423 g/mol. The van der Waals surface area contributed by atoms with Crippen LogP contribution < -0.4 is 14.9 Å². The van der Waals surface area contributed by atoms with E-state index in [-0.39, 0.29) is 6.61 Å². The van der Waals surface area contributed by atoms with Crippen LogP contribution in [0, 0.1) is 6.92 Å². The van der Waals surface area contributed by atoms with Crippen molar-refractivity contribution in [3.05, 3.63) is 94.5 Å². The number of ether oxygens (including phenoxy) is 2. The van der Waals surface area contributed by atoms with E-state index in [9.17, 15) is 9.59 Å². The SMILES string of the molecule is Cc1ccccc1OCC(=O)N/N=C/c1ccccc1OC(=O)c1ccc(Cl)cc1. The summed E-state index contributed by atoms with van der Waals surface area (Å²) in [4.78, 5) is 24.3. The van der Waals surface area contributed by atoms with Gasteiger partial charge in [-0.2, -0.15) is 5.10 Å². The number of hydrogen-bond donors (Lipinski definition) is 1. The van der Waals surface area contributed by atoms with Crippen molar-refractivity contribution >= 4 is 29.7 Å². The lowest BCUT2D eigenvalue weighted by molar-refractivity contribution is -0.123. The number of benzene rings is 3. The lowest BCUT2D eigenvalue weighted by Crippen LogP contribution is -2.24. The first kappa shape index (κ1) is 21.1. The van der Waals surface area contributed by atoms with Crippen molar-refractivity contribution < 1.29 is 19.1 Å². The molecule has 0 aliphatic heterocycles. The number of nitrogens with one attached hydrogen (secondary N) is 1. The first-order valence-electron chi connectivity index (χ1n) is 9.10. The number of esters is 1. The van der Waals surface area contributed by atoms with Crippen LogP contribution >= 0.6 is 11.6 Å². The molecule has 3 aromatic carbocycles. The quantitative estimate of drug-likeness (QED) is 0.265. The average Bonchev–Trinajstić information content (AvgIpc) is 2.75. The van der Waals surface area contributed by atoms with Crippen molar-refractivity contribution in [2.24, 2.45) is 5.10 Å². The minimum Gasteiger partial charge on any atom is -0.483 e. The first-order chi connectivity index (χ1) is 14.5. The molecule has 6 nitrogen and oxygen atoms in total. The summed E-state index contributed by atoms with van der Waals surface area (Å²) in [5.41, 5.74) is 4.22. The Morgan fingerprint density at radius 1 is 0.967 bits per heavy atom. The molecule has 0 atom stereocenters. The van der Waals surface area contributed by atoms with Crippen LogP contribution in [-0.4, -0.2) is 24.7 Å². The van der Waals surface area contributed by atoms with Crippen LogP contribution in [0.3, 0.4) is 0 Å². The van der Waals surface area contributed by atoms with Gasteiger partial charge in [0.15, 0.2) is 6.61 Å². The molecular formula is C23H19ClN2O4. The number of hydrogen-bond acceptors (Lipinski definition) is 5. The number of hydrazone groups is 1. The maximum absolute atomic E-state index is 12.3. The summed E-state index contributed by atoms with van der Waals surface area (Å²) in [5.74, 6) is 0.0102. The zero-order chi connectivity index (χ0) is 21.3. The molecule has 0 radical (unpaired) electrons. The number of amides is 1. The molecule has 0 aliphatic rings. The molecule has 0 saturated heterocycles. The number of carbonyl (C=O) groups is 2. The molecule has 1 N–H and O–H groups in total. The molecule has 152 valence electrons. The molecule has 0 bridgehead atoms. The summed E-state index contributed by atoms with van der Waals surface area (Å²) >= 11 is 5.84. The Bertz CT molecular complexity index is 1060. The van der Waals surface area contributed by atoms with Gasteiger partial charge < -0.3 is 9.47 Å². The van der Waals surface area contributed by atoms with Crippen molar-refractivity contribution in [1.82, 2.24) is 5.43 Å². The Balaban J connectivity index is 1.58. The molecule has 1 amide bonds. The van der Waals surface area contributed by atoms with E-state index in [1.807, 2.05) is 25.1 Å². The second kappa shape index (κ2) is 10.2. The molecule has 0 heterocycles. The van der Waals surface area contributed by atoms with Crippen LogP contribution in [0.1, 0.15) is 21.5 Å². The zero-order valence-corrected chi connectivity index (χ0v) is 16.9. The fraction of sp³-hybridized carbons (Fsp3) is 0.0870. The molecule has 0 saturated carbocycles. The topological polar surface area (TPSA) is 77.0 Å². The van der Waals surface area contributed by atoms with E-state index in [1.165, 1.54) is 6.21 Å². The molecule has 7 heteroatoms. The Hall–Kier alpha value is -3.64. The monoisotopic (exact) mass is 422 g/mol. The highest BCUT2D eigenvalue weighted by molar-refractivity contribution is 6.30. The highest BCUT2D eigenvalue weighted by atomic mass is 35.5. The van der Waals surface area contributed by atoms with Crippen LogP contribution in [0.2, 0.25) is 5.02 Å². The first-order valence-corrected chi connectivity index (χ1v) is 9.48. The standard InChI is InChI=1S/C23H19ClN2O4/c1-16-6-2-4-8-20(16)29-15-22(27)26-25-14-18-7-3-5-9-21(18)30-23(28)17-10-12-19(24)13-11-17/h2-14H,15H2,1H3,(H,26,27)/b25-14+. The van der Waals surface area contributed by atoms with Gasteiger partial charge in [0, 0.05) is 10.6 Å². The second-order valence-corrected chi connectivity index (χ2v) is 6.72. The van der Waals surface area contributed by atoms with Gasteiger partial charge in [0.2, 0.25) is 0 Å². The van der Waals surface area contributed by atoms with Gasteiger partial charge in [-0.15, -0.1) is 0 Å². The van der Waals surface area contributed by atoms with Crippen LogP contribution in [0.25, 0.3) is 0 Å². The van der Waals surface area contributed by atoms with E-state index in [0.29, 0.717) is 27.6 Å². The predicted octanol–water partition coefficient (Wildman–Crippen LogP) is 4.40. The normalized spacial score (nSPS) is 10.6. The summed E-state index contributed by atoms with van der Waals surface area (Å²) in [6, 6.07) is 20.6. The molecule has 3 aromatic rings. The van der Waals surface area contributed by atoms with E-state index in [2.05, 4.69) is 10.5 Å². The van der Waals surface area contributed by atoms with Gasteiger partial charge in [0.25, 0.3) is 5.91 Å². The van der Waals surface area contributed by atoms with Crippen molar-refractivity contribution in [1.29, 1.82) is 0 Å². The minimum absolute atomic E-state index is 0.171. The van der Waals surface area contributed by atoms with Crippen LogP contribution in [-0.2, 0) is 4.79 Å². The van der Waals surface area contributed by atoms with Gasteiger partial charge >= 0.3 is 5.97 Å². The Morgan fingerprint density at radius 2 is 1.63 bits per heavy atom. The largest absolute Gasteiger partial charge is 0.483 e. The Morgan fingerprint density at radius 3 is 2.37 bits per heavy atom. The third-order valence-electron chi connectivity index (χ3n) is 4.05. The van der Waals surface area contributed by atoms with Crippen molar-refractivity contribution in [3.63, 3.8) is 0 Å². The molecular weight excluding hydrogens is 404 g/mol. The van der Waals surface area contributed by atoms with Crippen LogP contribution in [0.15, 0.2) is 77.9 Å². The number of halogens is 1. The van der Waals surface area contributed by atoms with Gasteiger partial charge in [-0.05, 0) is 55.0 Å². The fourth-order valence-electron chi connectivity index (χ4n) is 2.49. The third-order valence-corrected chi connectivity index (χ3v) is 4.30. The zero-order valence-electron chi connectivity index (χ0n) is 16.2. The summed E-state index contributed by atoms with van der Waals surface area (Å²) in [6.07, 6.45) is 1.40. The third kappa shape index (κ3) is 5.93. The number of carbonyl (C=O) groups excluding carboxylic acids is 2. The Kier molecular flexibility index (Phi) is 7.19. The van der Waals surface area contributed by atoms with Crippen molar-refractivity contribution in [2.75, 3.05) is 6.61 Å². The van der Waals surface area contributed by atoms with E-state index < -0.39 is 11.9 Å². The summed E-state index contributed by atoms with van der Waals surface area (Å²) in [7, 11) is 0. The smallest absolute Gasteiger partial charge is 0.343 e. The number of rotatable bonds is 7. The second-order valence-electron chi connectivity index (χ2n) is 6.28. The number of nitrogens with zero attached hydrogens (tertiary/aromatic N) is 1. The molecule has 3 rings (SSSR count). The van der Waals surface area contributed by atoms with Crippen LogP contribution in [0.5, 0.6) is 11.5 Å². The summed E-state index contributed by atoms with van der Waals surface area (Å²) < 4.78 is 10.9. The molecule has 0 aromatic heterocycles. The predicted molar refractivity (Wildman–Crippen MR) is 115 cm³/mol. The van der Waals surface area contributed by atoms with E-state index in [4.69, 9.17) is 21.1 Å². The lowest BCUT2D eigenvalue weighted by Gasteiger charge is -2.08. The number of aryl methyl sites for hydroxylation is 1. The van der Waals surface area contributed by atoms with Gasteiger partial charge in [-0.1, -0.05) is 41.9 Å². The van der Waals surface area contributed by atoms with Crippen LogP contribution in [0.4, 0.5) is 0 Å². The molecule has 0 spiro atoms. The van der Waals surface area contributed by atoms with E-state index in [0.717, 1.165) is 5.56 Å².